The molecule has 7 heteroatoms. The number of nitrogens with zero attached hydrogens (tertiary/aromatic N) is 1. The summed E-state index contributed by atoms with van der Waals surface area (Å²) in [6.07, 6.45) is 6.99. The Morgan fingerprint density at radius 3 is 2.90 bits per heavy atom. The van der Waals surface area contributed by atoms with Gasteiger partial charge in [0.05, 0.1) is 16.4 Å². The average Bonchev–Trinajstić information content (AvgIpc) is 3.40. The number of ketones is 1. The topological polar surface area (TPSA) is 68.3 Å². The number of carbonyl (C=O) groups is 2. The van der Waals surface area contributed by atoms with Gasteiger partial charge in [-0.25, -0.2) is 0 Å². The van der Waals surface area contributed by atoms with Crippen LogP contribution in [0.4, 0.5) is 0 Å². The Morgan fingerprint density at radius 1 is 1.30 bits per heavy atom. The molecule has 1 aliphatic rings. The number of Topliss-reactive ketones (excluding diaryl/α,β-unsaturated/α-hetero) is 1. The number of carbonyl (C=O) groups excluding carboxylic acids is 2. The number of fused-ring (bicyclic) bond motifs is 1. The molecule has 0 aliphatic carbocycles. The van der Waals surface area contributed by atoms with Crippen LogP contribution in [0.15, 0.2) is 54.9 Å². The van der Waals surface area contributed by atoms with Crippen molar-refractivity contribution in [3.8, 4) is 16.2 Å². The number of halogens is 1. The van der Waals surface area contributed by atoms with Gasteiger partial charge in [-0.1, -0.05) is 23.7 Å². The first-order valence-electron chi connectivity index (χ1n) is 9.46. The molecule has 0 bridgehead atoms. The lowest BCUT2D eigenvalue weighted by Gasteiger charge is -2.11. The summed E-state index contributed by atoms with van der Waals surface area (Å²) in [6, 6.07) is 11.2. The summed E-state index contributed by atoms with van der Waals surface area (Å²) in [5.74, 6) is 0.499. The summed E-state index contributed by atoms with van der Waals surface area (Å²) in [6.45, 7) is 1.93. The van der Waals surface area contributed by atoms with Crippen molar-refractivity contribution in [2.75, 3.05) is 6.54 Å². The second-order valence-corrected chi connectivity index (χ2v) is 8.42. The SMILES string of the molecule is CC(=O)c1ccc(-c2ccc(Cl)c3c2CC(CNC(=O)/C=C/c2cccnc2)O3)s1. The lowest BCUT2D eigenvalue weighted by Crippen LogP contribution is -2.33. The highest BCUT2D eigenvalue weighted by Gasteiger charge is 2.28. The lowest BCUT2D eigenvalue weighted by molar-refractivity contribution is -0.116. The van der Waals surface area contributed by atoms with Crippen molar-refractivity contribution in [1.29, 1.82) is 0 Å². The van der Waals surface area contributed by atoms with Crippen LogP contribution in [0.25, 0.3) is 16.5 Å². The van der Waals surface area contributed by atoms with E-state index in [2.05, 4.69) is 10.3 Å². The van der Waals surface area contributed by atoms with Gasteiger partial charge in [-0.3, -0.25) is 14.6 Å². The number of rotatable bonds is 6. The zero-order valence-corrected chi connectivity index (χ0v) is 17.8. The van der Waals surface area contributed by atoms with E-state index in [-0.39, 0.29) is 17.8 Å². The summed E-state index contributed by atoms with van der Waals surface area (Å²) < 4.78 is 6.02. The van der Waals surface area contributed by atoms with E-state index in [0.29, 0.717) is 23.7 Å². The molecule has 1 atom stereocenters. The molecular formula is C23H19ClN2O3S. The van der Waals surface area contributed by atoms with Gasteiger partial charge in [0.15, 0.2) is 5.78 Å². The van der Waals surface area contributed by atoms with Crippen molar-refractivity contribution in [2.45, 2.75) is 19.4 Å². The minimum Gasteiger partial charge on any atom is -0.486 e. The molecule has 1 unspecified atom stereocenters. The minimum absolute atomic E-state index is 0.0491. The number of benzene rings is 1. The fourth-order valence-corrected chi connectivity index (χ4v) is 4.48. The van der Waals surface area contributed by atoms with Crippen molar-refractivity contribution in [2.24, 2.45) is 0 Å². The molecule has 3 aromatic rings. The molecule has 0 radical (unpaired) electrons. The number of nitrogens with one attached hydrogen (secondary N) is 1. The summed E-state index contributed by atoms with van der Waals surface area (Å²) in [5.41, 5.74) is 2.87. The molecule has 152 valence electrons. The zero-order valence-electron chi connectivity index (χ0n) is 16.2. The van der Waals surface area contributed by atoms with Gasteiger partial charge in [0.25, 0.3) is 0 Å². The molecule has 1 aromatic carbocycles. The van der Waals surface area contributed by atoms with E-state index >= 15 is 0 Å². The number of hydrogen-bond acceptors (Lipinski definition) is 5. The van der Waals surface area contributed by atoms with Crippen LogP contribution in [0.1, 0.15) is 27.7 Å². The number of thiophene rings is 1. The molecule has 1 N–H and O–H groups in total. The summed E-state index contributed by atoms with van der Waals surface area (Å²) in [4.78, 5) is 29.5. The van der Waals surface area contributed by atoms with E-state index in [1.54, 1.807) is 31.5 Å². The zero-order chi connectivity index (χ0) is 21.1. The average molecular weight is 439 g/mol. The molecule has 0 saturated heterocycles. The normalized spacial score (nSPS) is 15.1. The Labute approximate surface area is 183 Å². The Morgan fingerprint density at radius 2 is 2.17 bits per heavy atom. The van der Waals surface area contributed by atoms with Gasteiger partial charge in [0.2, 0.25) is 5.91 Å². The van der Waals surface area contributed by atoms with Crippen LogP contribution in [0, 0.1) is 0 Å². The van der Waals surface area contributed by atoms with Crippen molar-refractivity contribution in [1.82, 2.24) is 10.3 Å². The quantitative estimate of drug-likeness (QED) is 0.443. The number of ether oxygens (including phenoxy) is 1. The predicted molar refractivity (Wildman–Crippen MR) is 119 cm³/mol. The monoisotopic (exact) mass is 438 g/mol. The minimum atomic E-state index is -0.207. The van der Waals surface area contributed by atoms with Crippen molar-refractivity contribution >= 4 is 40.7 Å². The molecule has 2 aromatic heterocycles. The van der Waals surface area contributed by atoms with Gasteiger partial charge < -0.3 is 10.1 Å². The summed E-state index contributed by atoms with van der Waals surface area (Å²) in [5, 5.41) is 3.42. The predicted octanol–water partition coefficient (Wildman–Crippen LogP) is 4.80. The largest absolute Gasteiger partial charge is 0.486 e. The van der Waals surface area contributed by atoms with Crippen LogP contribution in [0.2, 0.25) is 5.02 Å². The molecule has 5 nitrogen and oxygen atoms in total. The third kappa shape index (κ3) is 4.45. The molecule has 4 rings (SSSR count). The number of aromatic nitrogens is 1. The number of amides is 1. The first-order valence-corrected chi connectivity index (χ1v) is 10.7. The van der Waals surface area contributed by atoms with Crippen molar-refractivity contribution < 1.29 is 14.3 Å². The molecule has 1 aliphatic heterocycles. The highest BCUT2D eigenvalue weighted by Crippen LogP contribution is 2.43. The maximum atomic E-state index is 12.1. The molecule has 0 saturated carbocycles. The van der Waals surface area contributed by atoms with Gasteiger partial charge in [0.1, 0.15) is 11.9 Å². The standard InChI is InChI=1S/C23H19ClN2O3S/c1-14(27)20-7-8-21(30-20)17-5-6-19(24)23-18(17)11-16(29-23)13-26-22(28)9-4-15-3-2-10-25-12-15/h2-10,12,16H,11,13H2,1H3,(H,26,28)/b9-4+. The van der Waals surface area contributed by atoms with Crippen LogP contribution in [-0.4, -0.2) is 29.3 Å². The number of pyridine rings is 1. The molecule has 0 spiro atoms. The second kappa shape index (κ2) is 8.81. The number of hydrogen-bond donors (Lipinski definition) is 1. The van der Waals surface area contributed by atoms with E-state index in [9.17, 15) is 9.59 Å². The molecule has 0 fully saturated rings. The molecule has 1 amide bonds. The van der Waals surface area contributed by atoms with Crippen LogP contribution < -0.4 is 10.1 Å². The Balaban J connectivity index is 1.43. The third-order valence-corrected chi connectivity index (χ3v) is 6.28. The van der Waals surface area contributed by atoms with E-state index < -0.39 is 0 Å². The first-order chi connectivity index (χ1) is 14.5. The van der Waals surface area contributed by atoms with E-state index in [4.69, 9.17) is 16.3 Å². The van der Waals surface area contributed by atoms with Gasteiger partial charge >= 0.3 is 0 Å². The fraction of sp³-hybridized carbons (Fsp3) is 0.174. The Hall–Kier alpha value is -2.96. The van der Waals surface area contributed by atoms with Gasteiger partial charge in [0, 0.05) is 35.3 Å². The summed E-state index contributed by atoms with van der Waals surface area (Å²) >= 11 is 7.81. The van der Waals surface area contributed by atoms with Gasteiger partial charge in [-0.05, 0) is 48.4 Å². The second-order valence-electron chi connectivity index (χ2n) is 6.93. The Kier molecular flexibility index (Phi) is 5.97. The van der Waals surface area contributed by atoms with Gasteiger partial charge in [-0.15, -0.1) is 11.3 Å². The van der Waals surface area contributed by atoms with Gasteiger partial charge in [-0.2, -0.15) is 0 Å². The van der Waals surface area contributed by atoms with E-state index in [1.807, 2.05) is 30.3 Å². The fourth-order valence-electron chi connectivity index (χ4n) is 3.30. The maximum absolute atomic E-state index is 12.1. The van der Waals surface area contributed by atoms with Crippen LogP contribution in [-0.2, 0) is 11.2 Å². The molecule has 3 heterocycles. The van der Waals surface area contributed by atoms with E-state index in [0.717, 1.165) is 26.4 Å². The maximum Gasteiger partial charge on any atom is 0.244 e. The highest BCUT2D eigenvalue weighted by molar-refractivity contribution is 7.17. The van der Waals surface area contributed by atoms with E-state index in [1.165, 1.54) is 17.4 Å². The van der Waals surface area contributed by atoms with Crippen molar-refractivity contribution in [3.63, 3.8) is 0 Å². The summed E-state index contributed by atoms with van der Waals surface area (Å²) in [7, 11) is 0. The third-order valence-electron chi connectivity index (χ3n) is 4.76. The lowest BCUT2D eigenvalue weighted by atomic mass is 10.0. The van der Waals surface area contributed by atoms with Crippen LogP contribution in [0.5, 0.6) is 5.75 Å². The van der Waals surface area contributed by atoms with Crippen LogP contribution in [0.3, 0.4) is 0 Å². The molecular weight excluding hydrogens is 420 g/mol. The van der Waals surface area contributed by atoms with Crippen LogP contribution >= 0.6 is 22.9 Å². The molecule has 30 heavy (non-hydrogen) atoms. The Bertz CT molecular complexity index is 1120. The highest BCUT2D eigenvalue weighted by atomic mass is 35.5. The first kappa shape index (κ1) is 20.3. The smallest absolute Gasteiger partial charge is 0.244 e. The van der Waals surface area contributed by atoms with Crippen molar-refractivity contribution in [3.05, 3.63) is 75.9 Å².